The van der Waals surface area contributed by atoms with Gasteiger partial charge in [0.05, 0.1) is 11.3 Å². The highest BCUT2D eigenvalue weighted by molar-refractivity contribution is 9.10. The van der Waals surface area contributed by atoms with Crippen LogP contribution in [0, 0.1) is 0 Å². The van der Waals surface area contributed by atoms with Crippen LogP contribution in [-0.4, -0.2) is 5.91 Å². The van der Waals surface area contributed by atoms with Crippen LogP contribution in [0.5, 0.6) is 0 Å². The topological polar surface area (TPSA) is 72.4 Å². The fourth-order valence-electron chi connectivity index (χ4n) is 2.56. The van der Waals surface area contributed by atoms with Crippen molar-refractivity contribution < 1.29 is 4.79 Å². The number of benzene rings is 2. The number of amides is 1. The zero-order chi connectivity index (χ0) is 14.3. The molecule has 2 aromatic rings. The predicted octanol–water partition coefficient (Wildman–Crippen LogP) is 2.65. The first-order chi connectivity index (χ1) is 9.54. The molecule has 3 rings (SSSR count). The standard InChI is InChI=1S/C15H14BrN3O/c16-11-2-4-13(15(18)20)14(6-11)19-7-9-1-3-12(17)5-10(9)8-19/h1-6H,7-8,17H2,(H2,18,20). The number of halogens is 1. The minimum atomic E-state index is -0.414. The molecule has 4 N–H and O–H groups in total. The molecule has 0 radical (unpaired) electrons. The number of fused-ring (bicyclic) bond motifs is 1. The minimum absolute atomic E-state index is 0.414. The Morgan fingerprint density at radius 2 is 1.85 bits per heavy atom. The number of hydrogen-bond donors (Lipinski definition) is 2. The summed E-state index contributed by atoms with van der Waals surface area (Å²) in [6, 6.07) is 11.4. The van der Waals surface area contributed by atoms with Crippen molar-refractivity contribution in [3.63, 3.8) is 0 Å². The van der Waals surface area contributed by atoms with Gasteiger partial charge in [-0.2, -0.15) is 0 Å². The van der Waals surface area contributed by atoms with Gasteiger partial charge in [0.15, 0.2) is 0 Å². The second kappa shape index (κ2) is 4.83. The summed E-state index contributed by atoms with van der Waals surface area (Å²) in [6.07, 6.45) is 0. The molecule has 0 aromatic heterocycles. The third kappa shape index (κ3) is 2.25. The molecular weight excluding hydrogens is 318 g/mol. The Kier molecular flexibility index (Phi) is 3.14. The smallest absolute Gasteiger partial charge is 0.250 e. The van der Waals surface area contributed by atoms with Crippen LogP contribution in [0.4, 0.5) is 11.4 Å². The van der Waals surface area contributed by atoms with E-state index in [-0.39, 0.29) is 0 Å². The second-order valence-corrected chi connectivity index (χ2v) is 5.83. The van der Waals surface area contributed by atoms with Crippen LogP contribution in [0.2, 0.25) is 0 Å². The van der Waals surface area contributed by atoms with Gasteiger partial charge in [0.2, 0.25) is 0 Å². The Labute approximate surface area is 125 Å². The van der Waals surface area contributed by atoms with E-state index >= 15 is 0 Å². The maximum atomic E-state index is 11.6. The molecule has 1 amide bonds. The number of nitrogen functional groups attached to an aromatic ring is 1. The second-order valence-electron chi connectivity index (χ2n) is 4.91. The molecule has 5 heteroatoms. The molecule has 0 atom stereocenters. The summed E-state index contributed by atoms with van der Waals surface area (Å²) in [7, 11) is 0. The zero-order valence-corrected chi connectivity index (χ0v) is 12.4. The molecule has 2 aromatic carbocycles. The summed E-state index contributed by atoms with van der Waals surface area (Å²) in [5.41, 5.74) is 15.8. The van der Waals surface area contributed by atoms with Crippen molar-refractivity contribution in [1.29, 1.82) is 0 Å². The van der Waals surface area contributed by atoms with Crippen molar-refractivity contribution in [2.24, 2.45) is 5.73 Å². The van der Waals surface area contributed by atoms with Crippen molar-refractivity contribution >= 4 is 33.2 Å². The maximum absolute atomic E-state index is 11.6. The predicted molar refractivity (Wildman–Crippen MR) is 83.4 cm³/mol. The van der Waals surface area contributed by atoms with Crippen molar-refractivity contribution in [2.45, 2.75) is 13.1 Å². The summed E-state index contributed by atoms with van der Waals surface area (Å²) in [6.45, 7) is 1.49. The molecule has 102 valence electrons. The van der Waals surface area contributed by atoms with Crippen molar-refractivity contribution in [3.05, 3.63) is 57.6 Å². The molecule has 0 bridgehead atoms. The van der Waals surface area contributed by atoms with Gasteiger partial charge in [-0.3, -0.25) is 4.79 Å². The molecule has 0 fully saturated rings. The summed E-state index contributed by atoms with van der Waals surface area (Å²) in [5.74, 6) is -0.414. The number of carbonyl (C=O) groups excluding carboxylic acids is 1. The van der Waals surface area contributed by atoms with E-state index in [1.165, 1.54) is 11.1 Å². The van der Waals surface area contributed by atoms with Crippen molar-refractivity contribution in [2.75, 3.05) is 10.6 Å². The third-order valence-electron chi connectivity index (χ3n) is 3.52. The molecule has 4 nitrogen and oxygen atoms in total. The largest absolute Gasteiger partial charge is 0.399 e. The van der Waals surface area contributed by atoms with E-state index in [0.717, 1.165) is 28.9 Å². The third-order valence-corrected chi connectivity index (χ3v) is 4.01. The van der Waals surface area contributed by atoms with Crippen LogP contribution in [0.25, 0.3) is 0 Å². The van der Waals surface area contributed by atoms with Gasteiger partial charge in [-0.25, -0.2) is 0 Å². The zero-order valence-electron chi connectivity index (χ0n) is 10.8. The van der Waals surface area contributed by atoms with E-state index in [1.54, 1.807) is 6.07 Å². The average Bonchev–Trinajstić information content (AvgIpc) is 2.81. The molecule has 1 aliphatic heterocycles. The highest BCUT2D eigenvalue weighted by atomic mass is 79.9. The SMILES string of the molecule is NC(=O)c1ccc(Br)cc1N1Cc2ccc(N)cc2C1. The van der Waals surface area contributed by atoms with Crippen LogP contribution in [-0.2, 0) is 13.1 Å². The number of nitrogens with two attached hydrogens (primary N) is 2. The van der Waals surface area contributed by atoms with Gasteiger partial charge in [0.25, 0.3) is 5.91 Å². The average molecular weight is 332 g/mol. The Hall–Kier alpha value is -2.01. The molecular formula is C15H14BrN3O. The molecule has 0 spiro atoms. The summed E-state index contributed by atoms with van der Waals surface area (Å²) < 4.78 is 0.924. The van der Waals surface area contributed by atoms with Crippen molar-refractivity contribution in [1.82, 2.24) is 0 Å². The molecule has 1 heterocycles. The molecule has 0 saturated carbocycles. The van der Waals surface area contributed by atoms with Gasteiger partial charge in [-0.15, -0.1) is 0 Å². The minimum Gasteiger partial charge on any atom is -0.399 e. The fraction of sp³-hybridized carbons (Fsp3) is 0.133. The van der Waals surface area contributed by atoms with Crippen LogP contribution >= 0.6 is 15.9 Å². The molecule has 0 saturated heterocycles. The van der Waals surface area contributed by atoms with Crippen LogP contribution in [0.1, 0.15) is 21.5 Å². The Morgan fingerprint density at radius 3 is 2.60 bits per heavy atom. The number of nitrogens with zero attached hydrogens (tertiary/aromatic N) is 1. The highest BCUT2D eigenvalue weighted by Gasteiger charge is 2.22. The van der Waals surface area contributed by atoms with Gasteiger partial charge in [0, 0.05) is 23.2 Å². The van der Waals surface area contributed by atoms with Gasteiger partial charge in [-0.1, -0.05) is 22.0 Å². The monoisotopic (exact) mass is 331 g/mol. The normalized spacial score (nSPS) is 13.3. The van der Waals surface area contributed by atoms with Gasteiger partial charge in [0.1, 0.15) is 0 Å². The molecule has 0 aliphatic carbocycles. The van der Waals surface area contributed by atoms with E-state index in [9.17, 15) is 4.79 Å². The number of hydrogen-bond acceptors (Lipinski definition) is 3. The Morgan fingerprint density at radius 1 is 1.10 bits per heavy atom. The summed E-state index contributed by atoms with van der Waals surface area (Å²) in [4.78, 5) is 13.7. The lowest BCUT2D eigenvalue weighted by Gasteiger charge is -2.20. The van der Waals surface area contributed by atoms with E-state index in [1.807, 2.05) is 30.3 Å². The van der Waals surface area contributed by atoms with Gasteiger partial charge in [-0.05, 0) is 41.5 Å². The lowest BCUT2D eigenvalue weighted by Crippen LogP contribution is -2.21. The van der Waals surface area contributed by atoms with Crippen LogP contribution < -0.4 is 16.4 Å². The van der Waals surface area contributed by atoms with Crippen LogP contribution in [0.3, 0.4) is 0 Å². The Balaban J connectivity index is 2.00. The maximum Gasteiger partial charge on any atom is 0.250 e. The lowest BCUT2D eigenvalue weighted by molar-refractivity contribution is 0.100. The lowest BCUT2D eigenvalue weighted by atomic mass is 10.1. The first-order valence-electron chi connectivity index (χ1n) is 6.26. The number of primary amides is 1. The van der Waals surface area contributed by atoms with Gasteiger partial charge < -0.3 is 16.4 Å². The van der Waals surface area contributed by atoms with Crippen molar-refractivity contribution in [3.8, 4) is 0 Å². The van der Waals surface area contributed by atoms with E-state index in [2.05, 4.69) is 20.8 Å². The summed E-state index contributed by atoms with van der Waals surface area (Å²) >= 11 is 3.44. The van der Waals surface area contributed by atoms with Gasteiger partial charge >= 0.3 is 0 Å². The van der Waals surface area contributed by atoms with E-state index < -0.39 is 5.91 Å². The van der Waals surface area contributed by atoms with E-state index in [4.69, 9.17) is 11.5 Å². The summed E-state index contributed by atoms with van der Waals surface area (Å²) in [5, 5.41) is 0. The van der Waals surface area contributed by atoms with E-state index in [0.29, 0.717) is 5.56 Å². The fourth-order valence-corrected chi connectivity index (χ4v) is 2.91. The van der Waals surface area contributed by atoms with Crippen LogP contribution in [0.15, 0.2) is 40.9 Å². The number of carbonyl (C=O) groups is 1. The quantitative estimate of drug-likeness (QED) is 0.831. The number of anilines is 2. The molecule has 0 unspecified atom stereocenters. The number of rotatable bonds is 2. The molecule has 1 aliphatic rings. The first-order valence-corrected chi connectivity index (χ1v) is 7.05. The first kappa shape index (κ1) is 13.0. The highest BCUT2D eigenvalue weighted by Crippen LogP contribution is 2.33. The molecule has 20 heavy (non-hydrogen) atoms. The Bertz CT molecular complexity index is 700.